The lowest BCUT2D eigenvalue weighted by Crippen LogP contribution is -2.32. The van der Waals surface area contributed by atoms with E-state index in [2.05, 4.69) is 35.1 Å². The smallest absolute Gasteiger partial charge is 0.123 e. The molecule has 0 fully saturated rings. The van der Waals surface area contributed by atoms with Crippen LogP contribution in [0.4, 0.5) is 4.39 Å². The molecule has 0 radical (unpaired) electrons. The lowest BCUT2D eigenvalue weighted by Gasteiger charge is -2.19. The Bertz CT molecular complexity index is 395. The number of unbranched alkanes of at least 4 members (excludes halogenated alkanes) is 4. The van der Waals surface area contributed by atoms with Crippen LogP contribution in [0.25, 0.3) is 0 Å². The van der Waals surface area contributed by atoms with E-state index in [1.807, 2.05) is 6.07 Å². The Kier molecular flexibility index (Phi) is 9.94. The van der Waals surface area contributed by atoms with Gasteiger partial charge in [0.05, 0.1) is 0 Å². The van der Waals surface area contributed by atoms with Crippen molar-refractivity contribution in [3.8, 4) is 0 Å². The minimum absolute atomic E-state index is 0.148. The number of rotatable bonds is 11. The second-order valence-electron chi connectivity index (χ2n) is 5.79. The van der Waals surface area contributed by atoms with Gasteiger partial charge in [0.15, 0.2) is 0 Å². The topological polar surface area (TPSA) is 12.0 Å². The second kappa shape index (κ2) is 11.2. The number of hydrogen-bond donors (Lipinski definition) is 1. The van der Waals surface area contributed by atoms with Gasteiger partial charge < -0.3 is 5.32 Å². The Morgan fingerprint density at radius 1 is 1.10 bits per heavy atom. The van der Waals surface area contributed by atoms with Crippen molar-refractivity contribution in [2.75, 3.05) is 6.54 Å². The van der Waals surface area contributed by atoms with Crippen LogP contribution in [0, 0.1) is 5.82 Å². The van der Waals surface area contributed by atoms with Crippen LogP contribution < -0.4 is 5.32 Å². The highest BCUT2D eigenvalue weighted by molar-refractivity contribution is 9.10. The second-order valence-corrected chi connectivity index (χ2v) is 6.65. The molecule has 0 amide bonds. The zero-order chi connectivity index (χ0) is 15.5. The Morgan fingerprint density at radius 2 is 1.86 bits per heavy atom. The Morgan fingerprint density at radius 3 is 2.57 bits per heavy atom. The molecular weight excluding hydrogens is 329 g/mol. The van der Waals surface area contributed by atoms with E-state index in [9.17, 15) is 4.39 Å². The monoisotopic (exact) mass is 357 g/mol. The molecule has 0 aliphatic carbocycles. The van der Waals surface area contributed by atoms with Crippen LogP contribution in [-0.2, 0) is 6.42 Å². The van der Waals surface area contributed by atoms with Crippen molar-refractivity contribution >= 4 is 15.9 Å². The molecule has 1 atom stereocenters. The molecule has 0 saturated heterocycles. The normalized spacial score (nSPS) is 12.6. The van der Waals surface area contributed by atoms with Gasteiger partial charge in [0.1, 0.15) is 5.82 Å². The molecule has 0 aromatic heterocycles. The van der Waals surface area contributed by atoms with Crippen LogP contribution in [0.5, 0.6) is 0 Å². The van der Waals surface area contributed by atoms with Crippen molar-refractivity contribution in [1.29, 1.82) is 0 Å². The van der Waals surface area contributed by atoms with Gasteiger partial charge in [-0.25, -0.2) is 4.39 Å². The Hall–Kier alpha value is -0.410. The maximum atomic E-state index is 13.4. The van der Waals surface area contributed by atoms with Crippen molar-refractivity contribution in [2.24, 2.45) is 0 Å². The number of nitrogens with one attached hydrogen (secondary N) is 1. The van der Waals surface area contributed by atoms with Gasteiger partial charge in [0.2, 0.25) is 0 Å². The van der Waals surface area contributed by atoms with Crippen molar-refractivity contribution in [3.05, 3.63) is 34.1 Å². The van der Waals surface area contributed by atoms with E-state index in [0.29, 0.717) is 6.04 Å². The van der Waals surface area contributed by atoms with Crippen molar-refractivity contribution in [2.45, 2.75) is 71.3 Å². The van der Waals surface area contributed by atoms with E-state index in [4.69, 9.17) is 0 Å². The molecule has 0 bridgehead atoms. The summed E-state index contributed by atoms with van der Waals surface area (Å²) in [5.74, 6) is -0.148. The molecule has 21 heavy (non-hydrogen) atoms. The number of hydrogen-bond acceptors (Lipinski definition) is 1. The first-order chi connectivity index (χ1) is 10.2. The lowest BCUT2D eigenvalue weighted by molar-refractivity contribution is 0.450. The van der Waals surface area contributed by atoms with Crippen LogP contribution >= 0.6 is 15.9 Å². The highest BCUT2D eigenvalue weighted by Gasteiger charge is 2.11. The van der Waals surface area contributed by atoms with Crippen LogP contribution in [0.2, 0.25) is 0 Å². The molecule has 0 saturated carbocycles. The van der Waals surface area contributed by atoms with Crippen LogP contribution in [-0.4, -0.2) is 12.6 Å². The summed E-state index contributed by atoms with van der Waals surface area (Å²) in [6.45, 7) is 5.46. The summed E-state index contributed by atoms with van der Waals surface area (Å²) in [5.41, 5.74) is 1.07. The van der Waals surface area contributed by atoms with Gasteiger partial charge in [-0.3, -0.25) is 0 Å². The summed E-state index contributed by atoms with van der Waals surface area (Å²) in [7, 11) is 0. The van der Waals surface area contributed by atoms with Gasteiger partial charge in [-0.1, -0.05) is 61.9 Å². The van der Waals surface area contributed by atoms with Crippen LogP contribution in [0.15, 0.2) is 22.7 Å². The van der Waals surface area contributed by atoms with Gasteiger partial charge in [0, 0.05) is 10.5 Å². The number of halogens is 2. The van der Waals surface area contributed by atoms with Gasteiger partial charge in [-0.15, -0.1) is 0 Å². The molecule has 3 heteroatoms. The predicted octanol–water partition coefficient (Wildman–Crippen LogP) is 5.86. The molecule has 1 aromatic rings. The van der Waals surface area contributed by atoms with Gasteiger partial charge in [-0.2, -0.15) is 0 Å². The molecule has 1 unspecified atom stereocenters. The van der Waals surface area contributed by atoms with Crippen molar-refractivity contribution in [3.63, 3.8) is 0 Å². The minimum Gasteiger partial charge on any atom is -0.314 e. The fraction of sp³-hybridized carbons (Fsp3) is 0.667. The van der Waals surface area contributed by atoms with Crippen LogP contribution in [0.3, 0.4) is 0 Å². The van der Waals surface area contributed by atoms with E-state index >= 15 is 0 Å². The maximum Gasteiger partial charge on any atom is 0.123 e. The van der Waals surface area contributed by atoms with E-state index in [1.54, 1.807) is 6.07 Å². The summed E-state index contributed by atoms with van der Waals surface area (Å²) in [6, 6.07) is 5.42. The van der Waals surface area contributed by atoms with Crippen LogP contribution in [0.1, 0.15) is 64.4 Å². The van der Waals surface area contributed by atoms with E-state index in [1.165, 1.54) is 44.6 Å². The molecular formula is C18H29BrFN. The Labute approximate surface area is 137 Å². The average Bonchev–Trinajstić information content (AvgIpc) is 2.47. The Balaban J connectivity index is 2.50. The first kappa shape index (κ1) is 18.6. The number of benzene rings is 1. The summed E-state index contributed by atoms with van der Waals surface area (Å²) in [6.07, 6.45) is 9.73. The molecule has 1 N–H and O–H groups in total. The van der Waals surface area contributed by atoms with E-state index in [0.717, 1.165) is 29.4 Å². The standard InChI is InChI=1S/C18H29BrFN/c1-3-5-6-7-8-9-17(21-12-4-2)14-15-13-16(20)10-11-18(15)19/h10-11,13,17,21H,3-9,12,14H2,1-2H3. The van der Waals surface area contributed by atoms with E-state index < -0.39 is 0 Å². The predicted molar refractivity (Wildman–Crippen MR) is 93.3 cm³/mol. The molecule has 1 rings (SSSR count). The first-order valence-electron chi connectivity index (χ1n) is 8.34. The summed E-state index contributed by atoms with van der Waals surface area (Å²) < 4.78 is 14.4. The summed E-state index contributed by atoms with van der Waals surface area (Å²) >= 11 is 3.54. The zero-order valence-electron chi connectivity index (χ0n) is 13.4. The molecule has 0 spiro atoms. The van der Waals surface area contributed by atoms with Gasteiger partial charge in [0.25, 0.3) is 0 Å². The largest absolute Gasteiger partial charge is 0.314 e. The quantitative estimate of drug-likeness (QED) is 0.489. The van der Waals surface area contributed by atoms with Gasteiger partial charge in [-0.05, 0) is 49.6 Å². The molecule has 0 aliphatic rings. The van der Waals surface area contributed by atoms with Crippen molar-refractivity contribution < 1.29 is 4.39 Å². The third kappa shape index (κ3) is 7.96. The third-order valence-electron chi connectivity index (χ3n) is 3.81. The highest BCUT2D eigenvalue weighted by Crippen LogP contribution is 2.21. The lowest BCUT2D eigenvalue weighted by atomic mass is 9.99. The average molecular weight is 358 g/mol. The molecule has 1 aromatic carbocycles. The molecule has 0 aliphatic heterocycles. The molecule has 1 nitrogen and oxygen atoms in total. The van der Waals surface area contributed by atoms with Crippen molar-refractivity contribution in [1.82, 2.24) is 5.32 Å². The SMILES string of the molecule is CCCCCCCC(Cc1cc(F)ccc1Br)NCCC. The third-order valence-corrected chi connectivity index (χ3v) is 4.59. The highest BCUT2D eigenvalue weighted by atomic mass is 79.9. The maximum absolute atomic E-state index is 13.4. The summed E-state index contributed by atoms with van der Waals surface area (Å²) in [5, 5.41) is 3.61. The zero-order valence-corrected chi connectivity index (χ0v) is 15.0. The minimum atomic E-state index is -0.148. The summed E-state index contributed by atoms with van der Waals surface area (Å²) in [4.78, 5) is 0. The fourth-order valence-corrected chi connectivity index (χ4v) is 2.99. The first-order valence-corrected chi connectivity index (χ1v) is 9.14. The fourth-order valence-electron chi connectivity index (χ4n) is 2.58. The molecule has 120 valence electrons. The molecule has 0 heterocycles. The van der Waals surface area contributed by atoms with E-state index in [-0.39, 0.29) is 5.82 Å². The van der Waals surface area contributed by atoms with Gasteiger partial charge >= 0.3 is 0 Å².